The van der Waals surface area contributed by atoms with Crippen LogP contribution in [0.5, 0.6) is 11.5 Å². The lowest BCUT2D eigenvalue weighted by Gasteiger charge is -2.16. The fourth-order valence-corrected chi connectivity index (χ4v) is 2.33. The molecule has 2 amide bonds. The molecule has 0 bridgehead atoms. The van der Waals surface area contributed by atoms with Crippen molar-refractivity contribution in [1.29, 1.82) is 0 Å². The van der Waals surface area contributed by atoms with Crippen LogP contribution in [0.25, 0.3) is 0 Å². The van der Waals surface area contributed by atoms with Gasteiger partial charge in [0.15, 0.2) is 12.7 Å². The van der Waals surface area contributed by atoms with Crippen molar-refractivity contribution in [3.05, 3.63) is 52.5 Å². The highest BCUT2D eigenvalue weighted by molar-refractivity contribution is 6.35. The average Bonchev–Trinajstić information content (AvgIpc) is 2.55. The van der Waals surface area contributed by atoms with Crippen LogP contribution in [0.3, 0.4) is 0 Å². The minimum absolute atomic E-state index is 0.244. The summed E-state index contributed by atoms with van der Waals surface area (Å²) in [7, 11) is 0. The molecule has 0 aliphatic heterocycles. The Labute approximate surface area is 154 Å². The average molecular weight is 383 g/mol. The number of ether oxygens (including phenoxy) is 2. The van der Waals surface area contributed by atoms with Crippen LogP contribution in [0, 0.1) is 0 Å². The van der Waals surface area contributed by atoms with Crippen LogP contribution in [0.4, 0.5) is 5.69 Å². The van der Waals surface area contributed by atoms with E-state index in [-0.39, 0.29) is 12.5 Å². The third-order valence-corrected chi connectivity index (χ3v) is 3.58. The molecule has 6 nitrogen and oxygen atoms in total. The van der Waals surface area contributed by atoms with Gasteiger partial charge >= 0.3 is 0 Å². The van der Waals surface area contributed by atoms with E-state index in [9.17, 15) is 9.59 Å². The zero-order chi connectivity index (χ0) is 18.4. The molecule has 8 heteroatoms. The van der Waals surface area contributed by atoms with Crippen LogP contribution < -0.4 is 20.5 Å². The number of halogens is 2. The van der Waals surface area contributed by atoms with E-state index >= 15 is 0 Å². The van der Waals surface area contributed by atoms with Crippen LogP contribution in [-0.2, 0) is 9.59 Å². The highest BCUT2D eigenvalue weighted by Gasteiger charge is 2.16. The van der Waals surface area contributed by atoms with Gasteiger partial charge in [-0.2, -0.15) is 0 Å². The Hall–Kier alpha value is -2.44. The maximum atomic E-state index is 12.3. The van der Waals surface area contributed by atoms with Gasteiger partial charge in [0.1, 0.15) is 11.5 Å². The fourth-order valence-electron chi connectivity index (χ4n) is 1.88. The summed E-state index contributed by atoms with van der Waals surface area (Å²) < 4.78 is 10.7. The number of primary amides is 1. The molecular weight excluding hydrogens is 367 g/mol. The molecule has 0 unspecified atom stereocenters. The van der Waals surface area contributed by atoms with Gasteiger partial charge in [-0.1, -0.05) is 29.3 Å². The molecule has 132 valence electrons. The number of anilines is 1. The maximum absolute atomic E-state index is 12.3. The number of nitrogens with two attached hydrogens (primary N) is 1. The molecular formula is C17H16Cl2N2O4. The van der Waals surface area contributed by atoms with Crippen LogP contribution in [0.15, 0.2) is 42.5 Å². The summed E-state index contributed by atoms with van der Waals surface area (Å²) in [5.74, 6) is -0.201. The summed E-state index contributed by atoms with van der Waals surface area (Å²) in [5.41, 5.74) is 5.51. The molecule has 0 heterocycles. The van der Waals surface area contributed by atoms with Crippen molar-refractivity contribution in [3.8, 4) is 11.5 Å². The molecule has 0 aliphatic rings. The predicted octanol–water partition coefficient (Wildman–Crippen LogP) is 3.26. The van der Waals surface area contributed by atoms with Crippen molar-refractivity contribution in [3.63, 3.8) is 0 Å². The Morgan fingerprint density at radius 3 is 2.64 bits per heavy atom. The first-order chi connectivity index (χ1) is 11.8. The second-order valence-electron chi connectivity index (χ2n) is 5.11. The number of hydrogen-bond acceptors (Lipinski definition) is 4. The molecule has 0 fully saturated rings. The summed E-state index contributed by atoms with van der Waals surface area (Å²) in [6.07, 6.45) is -0.797. The van der Waals surface area contributed by atoms with Crippen LogP contribution >= 0.6 is 23.2 Å². The van der Waals surface area contributed by atoms with E-state index in [0.717, 1.165) is 0 Å². The molecule has 25 heavy (non-hydrogen) atoms. The first-order valence-electron chi connectivity index (χ1n) is 7.29. The molecule has 0 saturated heterocycles. The second kappa shape index (κ2) is 8.60. The fraction of sp³-hybridized carbons (Fsp3) is 0.176. The lowest BCUT2D eigenvalue weighted by molar-refractivity contribution is -0.122. The molecule has 0 spiro atoms. The molecule has 2 aromatic carbocycles. The first kappa shape index (κ1) is 18.9. The molecule has 1 atom stereocenters. The summed E-state index contributed by atoms with van der Waals surface area (Å²) in [5, 5.41) is 3.48. The van der Waals surface area contributed by atoms with Gasteiger partial charge in [-0.3, -0.25) is 9.59 Å². The third kappa shape index (κ3) is 5.85. The number of carbonyl (C=O) groups is 2. The number of benzene rings is 2. The molecule has 0 aliphatic carbocycles. The molecule has 0 saturated carbocycles. The van der Waals surface area contributed by atoms with E-state index < -0.39 is 12.0 Å². The monoisotopic (exact) mass is 382 g/mol. The van der Waals surface area contributed by atoms with Gasteiger partial charge in [-0.15, -0.1) is 0 Å². The summed E-state index contributed by atoms with van der Waals surface area (Å²) in [6.45, 7) is 1.35. The number of amides is 2. The Bertz CT molecular complexity index is 783. The summed E-state index contributed by atoms with van der Waals surface area (Å²) in [6, 6.07) is 11.3. The zero-order valence-electron chi connectivity index (χ0n) is 13.3. The van der Waals surface area contributed by atoms with Crippen molar-refractivity contribution < 1.29 is 19.1 Å². The van der Waals surface area contributed by atoms with E-state index in [0.29, 0.717) is 27.2 Å². The number of hydrogen-bond donors (Lipinski definition) is 2. The van der Waals surface area contributed by atoms with Crippen molar-refractivity contribution in [1.82, 2.24) is 0 Å². The number of carbonyl (C=O) groups excluding carboxylic acids is 2. The van der Waals surface area contributed by atoms with Crippen molar-refractivity contribution in [2.24, 2.45) is 5.73 Å². The Morgan fingerprint density at radius 1 is 1.20 bits per heavy atom. The van der Waals surface area contributed by atoms with Gasteiger partial charge in [0, 0.05) is 16.8 Å². The standard InChI is InChI=1S/C17H16Cl2N2O4/c1-10(25-15-6-5-11(18)7-14(15)19)17(23)21-12-3-2-4-13(8-12)24-9-16(20)22/h2-8,10H,9H2,1H3,(H2,20,22)(H,21,23)/t10-/m1/s1. The van der Waals surface area contributed by atoms with Gasteiger partial charge in [0.2, 0.25) is 0 Å². The Morgan fingerprint density at radius 2 is 1.96 bits per heavy atom. The normalized spacial score (nSPS) is 11.5. The van der Waals surface area contributed by atoms with Gasteiger partial charge in [-0.25, -0.2) is 0 Å². The van der Waals surface area contributed by atoms with Crippen molar-refractivity contribution in [2.45, 2.75) is 13.0 Å². The molecule has 0 radical (unpaired) electrons. The van der Waals surface area contributed by atoms with Crippen LogP contribution in [-0.4, -0.2) is 24.5 Å². The SMILES string of the molecule is C[C@@H](Oc1ccc(Cl)cc1Cl)C(=O)Nc1cccc(OCC(N)=O)c1. The lowest BCUT2D eigenvalue weighted by atomic mass is 10.2. The molecule has 0 aromatic heterocycles. The molecule has 3 N–H and O–H groups in total. The largest absolute Gasteiger partial charge is 0.484 e. The molecule has 2 aromatic rings. The van der Waals surface area contributed by atoms with Crippen LogP contribution in [0.1, 0.15) is 6.92 Å². The zero-order valence-corrected chi connectivity index (χ0v) is 14.8. The highest BCUT2D eigenvalue weighted by atomic mass is 35.5. The third-order valence-electron chi connectivity index (χ3n) is 3.05. The quantitative estimate of drug-likeness (QED) is 0.768. The van der Waals surface area contributed by atoms with Crippen molar-refractivity contribution >= 4 is 40.7 Å². The van der Waals surface area contributed by atoms with E-state index in [1.54, 1.807) is 43.3 Å². The molecule has 2 rings (SSSR count). The highest BCUT2D eigenvalue weighted by Crippen LogP contribution is 2.28. The summed E-state index contributed by atoms with van der Waals surface area (Å²) >= 11 is 11.8. The second-order valence-corrected chi connectivity index (χ2v) is 5.95. The number of nitrogens with one attached hydrogen (secondary N) is 1. The van der Waals surface area contributed by atoms with Gasteiger partial charge in [0.25, 0.3) is 11.8 Å². The smallest absolute Gasteiger partial charge is 0.265 e. The van der Waals surface area contributed by atoms with Crippen LogP contribution in [0.2, 0.25) is 10.0 Å². The van der Waals surface area contributed by atoms with Crippen molar-refractivity contribution in [2.75, 3.05) is 11.9 Å². The maximum Gasteiger partial charge on any atom is 0.265 e. The van der Waals surface area contributed by atoms with E-state index in [1.165, 1.54) is 6.07 Å². The topological polar surface area (TPSA) is 90.7 Å². The van der Waals surface area contributed by atoms with Gasteiger partial charge < -0.3 is 20.5 Å². The van der Waals surface area contributed by atoms with Gasteiger partial charge in [-0.05, 0) is 37.3 Å². The van der Waals surface area contributed by atoms with E-state index in [1.807, 2.05) is 0 Å². The van der Waals surface area contributed by atoms with Gasteiger partial charge in [0.05, 0.1) is 5.02 Å². The minimum Gasteiger partial charge on any atom is -0.484 e. The lowest BCUT2D eigenvalue weighted by Crippen LogP contribution is -2.30. The van der Waals surface area contributed by atoms with E-state index in [4.69, 9.17) is 38.4 Å². The Balaban J connectivity index is 1.98. The predicted molar refractivity (Wildman–Crippen MR) is 96.3 cm³/mol. The Kier molecular flexibility index (Phi) is 6.50. The number of rotatable bonds is 7. The van der Waals surface area contributed by atoms with E-state index in [2.05, 4.69) is 5.32 Å². The first-order valence-corrected chi connectivity index (χ1v) is 8.04. The minimum atomic E-state index is -0.797. The summed E-state index contributed by atoms with van der Waals surface area (Å²) in [4.78, 5) is 23.0.